The van der Waals surface area contributed by atoms with E-state index in [1.54, 1.807) is 31.4 Å². The van der Waals surface area contributed by atoms with Crippen LogP contribution >= 0.6 is 15.9 Å². The van der Waals surface area contributed by atoms with Gasteiger partial charge in [-0.05, 0) is 72.9 Å². The maximum atomic E-state index is 12.6. The lowest BCUT2D eigenvalue weighted by Gasteiger charge is -2.21. The standard InChI is InChI=1S/C19H24BrNO3S/c1-12(2)17-11-18(13(3)10-19(17)24-5)14(4)21-25(22,23)16-8-6-15(20)7-9-16/h6-12,14,21H,1-5H3/t14-/m0/s1. The summed E-state index contributed by atoms with van der Waals surface area (Å²) in [6, 6.07) is 10.3. The van der Waals surface area contributed by atoms with Crippen molar-refractivity contribution in [3.8, 4) is 5.75 Å². The highest BCUT2D eigenvalue weighted by Gasteiger charge is 2.21. The lowest BCUT2D eigenvalue weighted by molar-refractivity contribution is 0.406. The van der Waals surface area contributed by atoms with Crippen LogP contribution in [0.15, 0.2) is 45.8 Å². The second kappa shape index (κ2) is 7.89. The first kappa shape index (κ1) is 19.9. The van der Waals surface area contributed by atoms with Crippen LogP contribution in [-0.2, 0) is 10.0 Å². The third-order valence-electron chi connectivity index (χ3n) is 4.16. The van der Waals surface area contributed by atoms with Crippen molar-refractivity contribution in [2.45, 2.75) is 44.6 Å². The average molecular weight is 426 g/mol. The smallest absolute Gasteiger partial charge is 0.241 e. The molecule has 0 saturated carbocycles. The van der Waals surface area contributed by atoms with Gasteiger partial charge >= 0.3 is 0 Å². The number of aryl methyl sites for hydroxylation is 1. The van der Waals surface area contributed by atoms with Crippen molar-refractivity contribution in [3.63, 3.8) is 0 Å². The van der Waals surface area contributed by atoms with E-state index < -0.39 is 10.0 Å². The molecule has 0 bridgehead atoms. The van der Waals surface area contributed by atoms with Crippen molar-refractivity contribution in [2.24, 2.45) is 0 Å². The van der Waals surface area contributed by atoms with Crippen molar-refractivity contribution in [1.29, 1.82) is 0 Å². The summed E-state index contributed by atoms with van der Waals surface area (Å²) in [6.07, 6.45) is 0. The Kier molecular flexibility index (Phi) is 6.30. The number of methoxy groups -OCH3 is 1. The molecule has 0 fully saturated rings. The van der Waals surface area contributed by atoms with Gasteiger partial charge in [0.05, 0.1) is 12.0 Å². The fourth-order valence-electron chi connectivity index (χ4n) is 2.79. The van der Waals surface area contributed by atoms with E-state index >= 15 is 0 Å². The topological polar surface area (TPSA) is 55.4 Å². The Labute approximate surface area is 158 Å². The summed E-state index contributed by atoms with van der Waals surface area (Å²) < 4.78 is 34.3. The molecule has 0 heterocycles. The molecule has 1 N–H and O–H groups in total. The minimum atomic E-state index is -3.59. The summed E-state index contributed by atoms with van der Waals surface area (Å²) in [6.45, 7) is 8.00. The third-order valence-corrected chi connectivity index (χ3v) is 6.25. The normalized spacial score (nSPS) is 13.1. The first-order chi connectivity index (χ1) is 11.7. The number of rotatable bonds is 6. The molecular formula is C19H24BrNO3S. The highest BCUT2D eigenvalue weighted by Crippen LogP contribution is 2.32. The Balaban J connectivity index is 2.35. The second-order valence-corrected chi connectivity index (χ2v) is 9.03. The molecule has 1 atom stereocenters. The summed E-state index contributed by atoms with van der Waals surface area (Å²) in [5.41, 5.74) is 3.01. The Morgan fingerprint density at radius 1 is 1.04 bits per heavy atom. The van der Waals surface area contributed by atoms with Crippen LogP contribution in [0.1, 0.15) is 49.4 Å². The minimum absolute atomic E-state index is 0.248. The van der Waals surface area contributed by atoms with Gasteiger partial charge in [0.15, 0.2) is 0 Å². The Bertz CT molecular complexity index is 846. The molecule has 0 saturated heterocycles. The number of sulfonamides is 1. The predicted molar refractivity (Wildman–Crippen MR) is 105 cm³/mol. The quantitative estimate of drug-likeness (QED) is 0.713. The lowest BCUT2D eigenvalue weighted by Crippen LogP contribution is -2.27. The van der Waals surface area contributed by atoms with Crippen LogP contribution in [0, 0.1) is 6.92 Å². The Hall–Kier alpha value is -1.37. The molecule has 0 aliphatic carbocycles. The first-order valence-electron chi connectivity index (χ1n) is 8.12. The molecule has 4 nitrogen and oxygen atoms in total. The summed E-state index contributed by atoms with van der Waals surface area (Å²) in [4.78, 5) is 0.248. The van der Waals surface area contributed by atoms with E-state index in [-0.39, 0.29) is 16.9 Å². The zero-order valence-electron chi connectivity index (χ0n) is 15.1. The number of halogens is 1. The first-order valence-corrected chi connectivity index (χ1v) is 10.4. The number of ether oxygens (including phenoxy) is 1. The van der Waals surface area contributed by atoms with E-state index in [1.165, 1.54) is 0 Å². The van der Waals surface area contributed by atoms with Crippen LogP contribution in [0.3, 0.4) is 0 Å². The molecule has 0 unspecified atom stereocenters. The third kappa shape index (κ3) is 4.63. The SMILES string of the molecule is COc1cc(C)c([C@H](C)NS(=O)(=O)c2ccc(Br)cc2)cc1C(C)C. The highest BCUT2D eigenvalue weighted by molar-refractivity contribution is 9.10. The summed E-state index contributed by atoms with van der Waals surface area (Å²) >= 11 is 3.32. The van der Waals surface area contributed by atoms with E-state index in [4.69, 9.17) is 4.74 Å². The van der Waals surface area contributed by atoms with Crippen LogP contribution in [0.25, 0.3) is 0 Å². The largest absolute Gasteiger partial charge is 0.496 e. The molecular weight excluding hydrogens is 402 g/mol. The summed E-state index contributed by atoms with van der Waals surface area (Å²) in [5, 5.41) is 0. The van der Waals surface area contributed by atoms with Crippen molar-refractivity contribution in [3.05, 3.63) is 57.6 Å². The van der Waals surface area contributed by atoms with Crippen LogP contribution in [0.2, 0.25) is 0 Å². The molecule has 0 aromatic heterocycles. The summed E-state index contributed by atoms with van der Waals surface area (Å²) in [5.74, 6) is 1.11. The number of hydrogen-bond donors (Lipinski definition) is 1. The molecule has 2 aromatic rings. The molecule has 6 heteroatoms. The van der Waals surface area contributed by atoms with E-state index in [0.717, 1.165) is 26.9 Å². The molecule has 0 amide bonds. The summed E-state index contributed by atoms with van der Waals surface area (Å²) in [7, 11) is -1.94. The van der Waals surface area contributed by atoms with Gasteiger partial charge in [-0.2, -0.15) is 0 Å². The average Bonchev–Trinajstić information content (AvgIpc) is 2.53. The van der Waals surface area contributed by atoms with E-state index in [2.05, 4.69) is 34.5 Å². The Morgan fingerprint density at radius 2 is 1.64 bits per heavy atom. The van der Waals surface area contributed by atoms with Gasteiger partial charge in [0, 0.05) is 10.5 Å². The maximum Gasteiger partial charge on any atom is 0.241 e. The van der Waals surface area contributed by atoms with Gasteiger partial charge in [0.1, 0.15) is 5.75 Å². The minimum Gasteiger partial charge on any atom is -0.496 e. The van der Waals surface area contributed by atoms with E-state index in [1.807, 2.05) is 26.0 Å². The molecule has 2 aromatic carbocycles. The molecule has 0 aliphatic heterocycles. The van der Waals surface area contributed by atoms with Crippen LogP contribution < -0.4 is 9.46 Å². The number of nitrogens with one attached hydrogen (secondary N) is 1. The molecule has 2 rings (SSSR count). The van der Waals surface area contributed by atoms with Crippen molar-refractivity contribution in [2.75, 3.05) is 7.11 Å². The van der Waals surface area contributed by atoms with Gasteiger partial charge in [-0.1, -0.05) is 29.8 Å². The van der Waals surface area contributed by atoms with E-state index in [0.29, 0.717) is 0 Å². The molecule has 0 spiro atoms. The molecule has 136 valence electrons. The predicted octanol–water partition coefficient (Wildman–Crippen LogP) is 4.93. The highest BCUT2D eigenvalue weighted by atomic mass is 79.9. The van der Waals surface area contributed by atoms with Gasteiger partial charge in [0.2, 0.25) is 10.0 Å². The molecule has 0 radical (unpaired) electrons. The van der Waals surface area contributed by atoms with Crippen molar-refractivity contribution in [1.82, 2.24) is 4.72 Å². The van der Waals surface area contributed by atoms with Crippen molar-refractivity contribution >= 4 is 26.0 Å². The van der Waals surface area contributed by atoms with Gasteiger partial charge in [-0.15, -0.1) is 0 Å². The van der Waals surface area contributed by atoms with Gasteiger partial charge in [-0.25, -0.2) is 13.1 Å². The number of benzene rings is 2. The number of hydrogen-bond acceptors (Lipinski definition) is 3. The van der Waals surface area contributed by atoms with Crippen molar-refractivity contribution < 1.29 is 13.2 Å². The van der Waals surface area contributed by atoms with Crippen LogP contribution in [-0.4, -0.2) is 15.5 Å². The fraction of sp³-hybridized carbons (Fsp3) is 0.368. The monoisotopic (exact) mass is 425 g/mol. The fourth-order valence-corrected chi connectivity index (χ4v) is 4.28. The second-order valence-electron chi connectivity index (χ2n) is 6.40. The van der Waals surface area contributed by atoms with Crippen LogP contribution in [0.5, 0.6) is 5.75 Å². The van der Waals surface area contributed by atoms with Gasteiger partial charge < -0.3 is 4.74 Å². The lowest BCUT2D eigenvalue weighted by atomic mass is 9.94. The van der Waals surface area contributed by atoms with Gasteiger partial charge in [0.25, 0.3) is 0 Å². The van der Waals surface area contributed by atoms with E-state index in [9.17, 15) is 8.42 Å². The maximum absolute atomic E-state index is 12.6. The van der Waals surface area contributed by atoms with Gasteiger partial charge in [-0.3, -0.25) is 0 Å². The molecule has 25 heavy (non-hydrogen) atoms. The Morgan fingerprint density at radius 3 is 2.16 bits per heavy atom. The molecule has 0 aliphatic rings. The zero-order valence-corrected chi connectivity index (χ0v) is 17.5. The zero-order chi connectivity index (χ0) is 18.8. The van der Waals surface area contributed by atoms with Crippen LogP contribution in [0.4, 0.5) is 0 Å².